The van der Waals surface area contributed by atoms with Gasteiger partial charge in [0, 0.05) is 24.1 Å². The summed E-state index contributed by atoms with van der Waals surface area (Å²) in [5, 5.41) is 7.72. The number of benzene rings is 4. The smallest absolute Gasteiger partial charge is 0.235 e. The van der Waals surface area contributed by atoms with E-state index in [4.69, 9.17) is 15.0 Å². The zero-order valence-corrected chi connectivity index (χ0v) is 21.6. The third kappa shape index (κ3) is 4.61. The quantitative estimate of drug-likeness (QED) is 0.267. The fourth-order valence-corrected chi connectivity index (χ4v) is 5.18. The van der Waals surface area contributed by atoms with Crippen LogP contribution in [0.15, 0.2) is 96.8 Å². The SMILES string of the molecule is CCC1CCC=C(NC(C)=O)N1c1nc(-c2ccccc2)nc(-c2ccc3cc4ccccc4cc3c2)n1. The molecular formula is C32H29N5O. The Morgan fingerprint density at radius 1 is 0.816 bits per heavy atom. The molecule has 0 bridgehead atoms. The number of carbonyl (C=O) groups is 1. The van der Waals surface area contributed by atoms with Gasteiger partial charge in [-0.25, -0.2) is 4.98 Å². The van der Waals surface area contributed by atoms with Gasteiger partial charge >= 0.3 is 0 Å². The lowest BCUT2D eigenvalue weighted by atomic mass is 10.0. The van der Waals surface area contributed by atoms with Gasteiger partial charge in [0.1, 0.15) is 5.82 Å². The van der Waals surface area contributed by atoms with E-state index < -0.39 is 0 Å². The van der Waals surface area contributed by atoms with Gasteiger partial charge < -0.3 is 5.32 Å². The second-order valence-electron chi connectivity index (χ2n) is 9.69. The minimum Gasteiger partial charge on any atom is -0.313 e. The first-order valence-electron chi connectivity index (χ1n) is 13.1. The number of anilines is 1. The van der Waals surface area contributed by atoms with E-state index in [0.717, 1.165) is 41.6 Å². The van der Waals surface area contributed by atoms with Gasteiger partial charge in [-0.3, -0.25) is 9.69 Å². The largest absolute Gasteiger partial charge is 0.313 e. The van der Waals surface area contributed by atoms with Crippen molar-refractivity contribution in [1.29, 1.82) is 0 Å². The molecule has 5 aromatic rings. The standard InChI is InChI=1S/C32H29N5O/c1-3-28-14-9-15-29(33-21(2)38)37(28)32-35-30(22-10-5-4-6-11-22)34-31(36-32)26-17-16-25-18-23-12-7-8-13-24(23)19-27(25)20-26/h4-8,10-13,15-20,28H,3,9,14H2,1-2H3,(H,33,38). The Balaban J connectivity index is 1.53. The summed E-state index contributed by atoms with van der Waals surface area (Å²) in [6, 6.07) is 29.3. The Labute approximate surface area is 222 Å². The van der Waals surface area contributed by atoms with Crippen molar-refractivity contribution in [3.8, 4) is 22.8 Å². The van der Waals surface area contributed by atoms with Gasteiger partial charge in [0.05, 0.1) is 0 Å². The third-order valence-electron chi connectivity index (χ3n) is 7.07. The van der Waals surface area contributed by atoms with E-state index >= 15 is 0 Å². The lowest BCUT2D eigenvalue weighted by molar-refractivity contribution is -0.118. The molecule has 188 valence electrons. The Hall–Kier alpha value is -4.58. The maximum atomic E-state index is 12.0. The van der Waals surface area contributed by atoms with E-state index in [9.17, 15) is 4.79 Å². The fraction of sp³-hybridized carbons (Fsp3) is 0.188. The number of allylic oxidation sites excluding steroid dienone is 1. The predicted octanol–water partition coefficient (Wildman–Crippen LogP) is 6.87. The molecule has 0 fully saturated rings. The van der Waals surface area contributed by atoms with Crippen LogP contribution in [0.2, 0.25) is 0 Å². The molecule has 0 aliphatic carbocycles. The molecule has 1 N–H and O–H groups in total. The highest BCUT2D eigenvalue weighted by molar-refractivity contribution is 5.99. The van der Waals surface area contributed by atoms with Crippen molar-refractivity contribution in [2.75, 3.05) is 4.90 Å². The minimum atomic E-state index is -0.114. The van der Waals surface area contributed by atoms with Crippen molar-refractivity contribution in [2.24, 2.45) is 0 Å². The summed E-state index contributed by atoms with van der Waals surface area (Å²) < 4.78 is 0. The summed E-state index contributed by atoms with van der Waals surface area (Å²) in [6.45, 7) is 3.68. The number of amides is 1. The molecule has 6 nitrogen and oxygen atoms in total. The summed E-state index contributed by atoms with van der Waals surface area (Å²) in [7, 11) is 0. The Morgan fingerprint density at radius 3 is 2.18 bits per heavy atom. The molecule has 1 aliphatic rings. The zero-order valence-electron chi connectivity index (χ0n) is 21.6. The van der Waals surface area contributed by atoms with Crippen LogP contribution in [0, 0.1) is 0 Å². The molecule has 6 heteroatoms. The predicted molar refractivity (Wildman–Crippen MR) is 153 cm³/mol. The fourth-order valence-electron chi connectivity index (χ4n) is 5.18. The lowest BCUT2D eigenvalue weighted by Gasteiger charge is -2.36. The number of nitrogens with one attached hydrogen (secondary N) is 1. The number of carbonyl (C=O) groups excluding carboxylic acids is 1. The Bertz CT molecular complexity index is 1680. The van der Waals surface area contributed by atoms with Crippen molar-refractivity contribution >= 4 is 33.4 Å². The van der Waals surface area contributed by atoms with Gasteiger partial charge in [-0.05, 0) is 65.1 Å². The molecule has 1 amide bonds. The molecule has 0 saturated heterocycles. The molecule has 2 heterocycles. The van der Waals surface area contributed by atoms with Crippen molar-refractivity contribution in [3.63, 3.8) is 0 Å². The maximum Gasteiger partial charge on any atom is 0.235 e. The summed E-state index contributed by atoms with van der Waals surface area (Å²) in [6.07, 6.45) is 4.82. The van der Waals surface area contributed by atoms with E-state index in [1.807, 2.05) is 30.3 Å². The minimum absolute atomic E-state index is 0.114. The number of nitrogens with zero attached hydrogens (tertiary/aromatic N) is 4. The summed E-state index contributed by atoms with van der Waals surface area (Å²) >= 11 is 0. The number of rotatable bonds is 5. The van der Waals surface area contributed by atoms with Gasteiger partial charge in [0.15, 0.2) is 11.6 Å². The molecule has 1 atom stereocenters. The van der Waals surface area contributed by atoms with Crippen LogP contribution in [0.25, 0.3) is 44.3 Å². The number of fused-ring (bicyclic) bond motifs is 2. The second kappa shape index (κ2) is 10.1. The highest BCUT2D eigenvalue weighted by atomic mass is 16.1. The number of hydrogen-bond acceptors (Lipinski definition) is 5. The van der Waals surface area contributed by atoms with Crippen LogP contribution >= 0.6 is 0 Å². The molecule has 0 saturated carbocycles. The summed E-state index contributed by atoms with van der Waals surface area (Å²) in [5.41, 5.74) is 1.84. The zero-order chi connectivity index (χ0) is 26.1. The first kappa shape index (κ1) is 23.8. The van der Waals surface area contributed by atoms with E-state index in [1.54, 1.807) is 0 Å². The monoisotopic (exact) mass is 499 g/mol. The molecule has 0 radical (unpaired) electrons. The van der Waals surface area contributed by atoms with Crippen molar-refractivity contribution in [1.82, 2.24) is 20.3 Å². The molecular weight excluding hydrogens is 470 g/mol. The lowest BCUT2D eigenvalue weighted by Crippen LogP contribution is -2.44. The number of hydrogen-bond donors (Lipinski definition) is 1. The third-order valence-corrected chi connectivity index (χ3v) is 7.07. The molecule has 0 spiro atoms. The van der Waals surface area contributed by atoms with E-state index in [1.165, 1.54) is 23.1 Å². The van der Waals surface area contributed by atoms with E-state index in [2.05, 4.69) is 77.8 Å². The number of aromatic nitrogens is 3. The van der Waals surface area contributed by atoms with Crippen molar-refractivity contribution < 1.29 is 4.79 Å². The van der Waals surface area contributed by atoms with E-state index in [0.29, 0.717) is 17.6 Å². The molecule has 1 unspecified atom stereocenters. The van der Waals surface area contributed by atoms with Gasteiger partial charge in [0.25, 0.3) is 0 Å². The van der Waals surface area contributed by atoms with Crippen molar-refractivity contribution in [2.45, 2.75) is 39.2 Å². The highest BCUT2D eigenvalue weighted by Crippen LogP contribution is 2.32. The normalized spacial score (nSPS) is 15.5. The maximum absolute atomic E-state index is 12.0. The molecule has 1 aliphatic heterocycles. The Kier molecular flexibility index (Phi) is 6.30. The molecule has 6 rings (SSSR count). The van der Waals surface area contributed by atoms with Crippen LogP contribution in [0.4, 0.5) is 5.95 Å². The average Bonchev–Trinajstić information content (AvgIpc) is 2.95. The Morgan fingerprint density at radius 2 is 1.47 bits per heavy atom. The van der Waals surface area contributed by atoms with Crippen molar-refractivity contribution in [3.05, 3.63) is 96.8 Å². The van der Waals surface area contributed by atoms with Gasteiger partial charge in [-0.2, -0.15) is 9.97 Å². The summed E-state index contributed by atoms with van der Waals surface area (Å²) in [4.78, 5) is 28.9. The van der Waals surface area contributed by atoms with Gasteiger partial charge in [-0.15, -0.1) is 0 Å². The van der Waals surface area contributed by atoms with Crippen LogP contribution in [-0.4, -0.2) is 26.9 Å². The second-order valence-corrected chi connectivity index (χ2v) is 9.69. The van der Waals surface area contributed by atoms with Crippen LogP contribution in [-0.2, 0) is 4.79 Å². The first-order valence-corrected chi connectivity index (χ1v) is 13.1. The van der Waals surface area contributed by atoms with Crippen LogP contribution in [0.3, 0.4) is 0 Å². The van der Waals surface area contributed by atoms with Crippen LogP contribution in [0.5, 0.6) is 0 Å². The topological polar surface area (TPSA) is 71.0 Å². The average molecular weight is 500 g/mol. The molecule has 4 aromatic carbocycles. The van der Waals surface area contributed by atoms with Crippen LogP contribution in [0.1, 0.15) is 33.1 Å². The highest BCUT2D eigenvalue weighted by Gasteiger charge is 2.28. The van der Waals surface area contributed by atoms with Gasteiger partial charge in [-0.1, -0.05) is 73.7 Å². The molecule has 1 aromatic heterocycles. The van der Waals surface area contributed by atoms with Gasteiger partial charge in [0.2, 0.25) is 11.9 Å². The van der Waals surface area contributed by atoms with Crippen LogP contribution < -0.4 is 10.2 Å². The van der Waals surface area contributed by atoms with E-state index in [-0.39, 0.29) is 11.9 Å². The molecule has 38 heavy (non-hydrogen) atoms. The first-order chi connectivity index (χ1) is 18.6. The summed E-state index contributed by atoms with van der Waals surface area (Å²) in [5.74, 6) is 2.37.